The van der Waals surface area contributed by atoms with Crippen LogP contribution < -0.4 is 10.2 Å². The van der Waals surface area contributed by atoms with Gasteiger partial charge in [0.05, 0.1) is 27.0 Å². The van der Waals surface area contributed by atoms with Crippen molar-refractivity contribution in [1.29, 1.82) is 0 Å². The summed E-state index contributed by atoms with van der Waals surface area (Å²) in [5, 5.41) is 13.6. The number of fused-ring (bicyclic) bond motifs is 1. The average molecular weight is 502 g/mol. The van der Waals surface area contributed by atoms with Crippen molar-refractivity contribution in [3.63, 3.8) is 0 Å². The van der Waals surface area contributed by atoms with Crippen LogP contribution in [-0.4, -0.2) is 41.1 Å². The Balaban J connectivity index is 2.02. The van der Waals surface area contributed by atoms with Crippen molar-refractivity contribution in [2.45, 2.75) is 18.8 Å². The average Bonchev–Trinajstić information content (AvgIpc) is 3.22. The summed E-state index contributed by atoms with van der Waals surface area (Å²) < 4.78 is 39.2. The third-order valence-corrected chi connectivity index (χ3v) is 7.07. The number of hydrogen-bond acceptors (Lipinski definition) is 7. The molecule has 0 amide bonds. The van der Waals surface area contributed by atoms with Crippen LogP contribution in [0.5, 0.6) is 0 Å². The van der Waals surface area contributed by atoms with Crippen molar-refractivity contribution in [1.82, 2.24) is 15.3 Å². The molecule has 5 nitrogen and oxygen atoms in total. The number of nitrogens with one attached hydrogen (secondary N) is 1. The first-order valence-electron chi connectivity index (χ1n) is 7.55. The summed E-state index contributed by atoms with van der Waals surface area (Å²) in [4.78, 5) is 11.1. The molecule has 0 aliphatic carbocycles. The summed E-state index contributed by atoms with van der Waals surface area (Å²) in [7, 11) is 1.83. The first-order chi connectivity index (χ1) is 12.7. The molecule has 0 radical (unpaired) electrons. The first kappa shape index (κ1) is 20.7. The highest BCUT2D eigenvalue weighted by Crippen LogP contribution is 2.43. The van der Waals surface area contributed by atoms with Gasteiger partial charge in [0.25, 0.3) is 0 Å². The summed E-state index contributed by atoms with van der Waals surface area (Å²) in [6, 6.07) is 0.528. The quantitative estimate of drug-likeness (QED) is 0.370. The van der Waals surface area contributed by atoms with Crippen LogP contribution in [0.25, 0.3) is 10.2 Å². The maximum atomic E-state index is 12.6. The lowest BCUT2D eigenvalue weighted by atomic mass is 10.2. The van der Waals surface area contributed by atoms with Gasteiger partial charge in [0.1, 0.15) is 5.15 Å². The predicted molar refractivity (Wildman–Crippen MR) is 106 cm³/mol. The van der Waals surface area contributed by atoms with E-state index in [1.807, 2.05) is 17.3 Å². The second kappa shape index (κ2) is 8.18. The lowest BCUT2D eigenvalue weighted by Gasteiger charge is -2.17. The van der Waals surface area contributed by atoms with Gasteiger partial charge in [-0.1, -0.05) is 11.6 Å². The Hall–Kier alpha value is -0.980. The number of halogens is 5. The monoisotopic (exact) mass is 500 g/mol. The number of pyridine rings is 1. The van der Waals surface area contributed by atoms with Crippen molar-refractivity contribution in [3.05, 3.63) is 32.1 Å². The van der Waals surface area contributed by atoms with Crippen LogP contribution in [0, 0.1) is 0 Å². The van der Waals surface area contributed by atoms with Gasteiger partial charge in [0.2, 0.25) is 0 Å². The molecule has 1 atom stereocenters. The minimum Gasteiger partial charge on any atom is -0.395 e. The smallest absolute Gasteiger partial charge is 0.395 e. The Bertz CT molecular complexity index is 935. The fraction of sp³-hybridized carbons (Fsp3) is 0.333. The molecule has 3 aromatic heterocycles. The molecule has 3 rings (SSSR count). The Kier molecular flexibility index (Phi) is 6.28. The van der Waals surface area contributed by atoms with Gasteiger partial charge >= 0.3 is 6.30 Å². The number of anilines is 2. The number of thiazole rings is 1. The second-order valence-electron chi connectivity index (χ2n) is 5.58. The summed E-state index contributed by atoms with van der Waals surface area (Å²) in [5.41, 5.74) is 1.31. The Labute approximate surface area is 173 Å². The van der Waals surface area contributed by atoms with Gasteiger partial charge in [-0.25, -0.2) is 15.3 Å². The summed E-state index contributed by atoms with van der Waals surface area (Å²) in [6.45, 7) is -0.653. The van der Waals surface area contributed by atoms with E-state index in [1.54, 1.807) is 12.3 Å². The highest BCUT2D eigenvalue weighted by molar-refractivity contribution is 9.10. The number of nitrogens with zero attached hydrogens (tertiary/aromatic N) is 3. The third kappa shape index (κ3) is 4.72. The van der Waals surface area contributed by atoms with Gasteiger partial charge in [-0.2, -0.15) is 13.2 Å². The maximum Gasteiger partial charge on any atom is 0.457 e. The molecule has 3 heterocycles. The van der Waals surface area contributed by atoms with E-state index in [1.165, 1.54) is 28.0 Å². The number of aromatic nitrogens is 2. The Morgan fingerprint density at radius 1 is 1.44 bits per heavy atom. The van der Waals surface area contributed by atoms with Gasteiger partial charge in [-0.05, 0) is 15.9 Å². The number of rotatable bonds is 6. The number of hydrogen-bond donors (Lipinski definition) is 2. The van der Waals surface area contributed by atoms with Gasteiger partial charge in [-0.15, -0.1) is 22.7 Å². The minimum atomic E-state index is -4.58. The third-order valence-electron chi connectivity index (χ3n) is 3.69. The molecular formula is C15H13BrClF3N4OS2. The molecule has 0 aliphatic heterocycles. The van der Waals surface area contributed by atoms with Crippen LogP contribution in [0.4, 0.5) is 24.0 Å². The molecule has 0 aliphatic rings. The molecule has 3 aromatic rings. The van der Waals surface area contributed by atoms with Crippen LogP contribution in [0.2, 0.25) is 5.15 Å². The van der Waals surface area contributed by atoms with Crippen molar-refractivity contribution in [2.75, 3.05) is 18.6 Å². The second-order valence-corrected chi connectivity index (χ2v) is 8.74. The van der Waals surface area contributed by atoms with Gasteiger partial charge in [0, 0.05) is 42.0 Å². The van der Waals surface area contributed by atoms with Crippen molar-refractivity contribution in [2.24, 2.45) is 0 Å². The van der Waals surface area contributed by atoms with Crippen LogP contribution in [-0.2, 0) is 6.42 Å². The van der Waals surface area contributed by atoms with E-state index in [2.05, 4.69) is 25.9 Å². The summed E-state index contributed by atoms with van der Waals surface area (Å²) in [5.74, 6) is 0. The molecule has 12 heteroatoms. The summed E-state index contributed by atoms with van der Waals surface area (Å²) >= 11 is 12.3. The molecule has 0 bridgehead atoms. The van der Waals surface area contributed by atoms with Crippen molar-refractivity contribution >= 4 is 71.2 Å². The molecule has 2 N–H and O–H groups in total. The standard InChI is InChI=1S/C15H13BrClF3N4OS2/c1-24(14-21-2-3-26-14)8-5-10(17)22-12-11(16)9(27-13(8)12)4-7(6-25)23-15(18,19)20/h2-3,5,7,23,25H,4,6H2,1H3/t7-/m1/s1. The molecule has 0 unspecified atom stereocenters. The van der Waals surface area contributed by atoms with Gasteiger partial charge in [-0.3, -0.25) is 0 Å². The molecule has 0 saturated carbocycles. The molecular weight excluding hydrogens is 489 g/mol. The number of aliphatic hydroxyl groups is 1. The first-order valence-corrected chi connectivity index (χ1v) is 10.4. The molecule has 0 spiro atoms. The maximum absolute atomic E-state index is 12.6. The van der Waals surface area contributed by atoms with Crippen molar-refractivity contribution in [3.8, 4) is 0 Å². The number of thiophene rings is 1. The largest absolute Gasteiger partial charge is 0.457 e. The summed E-state index contributed by atoms with van der Waals surface area (Å²) in [6.07, 6.45) is -2.91. The normalized spacial score (nSPS) is 13.3. The van der Waals surface area contributed by atoms with E-state index in [0.717, 1.165) is 15.5 Å². The van der Waals surface area contributed by atoms with E-state index in [0.29, 0.717) is 14.9 Å². The molecule has 0 saturated heterocycles. The zero-order valence-electron chi connectivity index (χ0n) is 13.7. The molecule has 0 aromatic carbocycles. The van der Waals surface area contributed by atoms with Gasteiger partial charge < -0.3 is 10.0 Å². The zero-order chi connectivity index (χ0) is 19.8. The zero-order valence-corrected chi connectivity index (χ0v) is 17.7. The number of alkyl halides is 3. The minimum absolute atomic E-state index is 0.0182. The predicted octanol–water partition coefficient (Wildman–Crippen LogP) is 4.95. The lowest BCUT2D eigenvalue weighted by Crippen LogP contribution is -2.44. The molecule has 0 fully saturated rings. The Morgan fingerprint density at radius 3 is 2.78 bits per heavy atom. The Morgan fingerprint density at radius 2 is 2.19 bits per heavy atom. The van der Waals surface area contributed by atoms with Crippen LogP contribution in [0.3, 0.4) is 0 Å². The van der Waals surface area contributed by atoms with Gasteiger partial charge in [0.15, 0.2) is 5.13 Å². The molecule has 27 heavy (non-hydrogen) atoms. The van der Waals surface area contributed by atoms with E-state index in [4.69, 9.17) is 11.6 Å². The van der Waals surface area contributed by atoms with E-state index >= 15 is 0 Å². The topological polar surface area (TPSA) is 61.3 Å². The fourth-order valence-electron chi connectivity index (χ4n) is 2.52. The van der Waals surface area contributed by atoms with Crippen LogP contribution in [0.1, 0.15) is 4.88 Å². The van der Waals surface area contributed by atoms with E-state index in [-0.39, 0.29) is 11.6 Å². The number of aliphatic hydroxyl groups excluding tert-OH is 1. The van der Waals surface area contributed by atoms with Crippen LogP contribution in [0.15, 0.2) is 22.1 Å². The lowest BCUT2D eigenvalue weighted by molar-refractivity contribution is -0.166. The van der Waals surface area contributed by atoms with E-state index in [9.17, 15) is 18.3 Å². The van der Waals surface area contributed by atoms with Crippen LogP contribution >= 0.6 is 50.2 Å². The van der Waals surface area contributed by atoms with E-state index < -0.39 is 18.9 Å². The van der Waals surface area contributed by atoms with Crippen molar-refractivity contribution < 1.29 is 18.3 Å². The highest BCUT2D eigenvalue weighted by atomic mass is 79.9. The highest BCUT2D eigenvalue weighted by Gasteiger charge is 2.31. The SMILES string of the molecule is CN(c1nccs1)c1cc(Cl)nc2c(Br)c(C[C@H](CO)NC(F)(F)F)sc12. The molecule has 146 valence electrons. The fourth-order valence-corrected chi connectivity index (χ4v) is 5.41.